The smallest absolute Gasteiger partial charge is 0.317 e. The Morgan fingerprint density at radius 3 is 2.83 bits per heavy atom. The van der Waals surface area contributed by atoms with Gasteiger partial charge in [0.25, 0.3) is 0 Å². The van der Waals surface area contributed by atoms with Crippen LogP contribution in [0.3, 0.4) is 0 Å². The molecule has 2 aliphatic heterocycles. The molecule has 0 unspecified atom stereocenters. The second-order valence-electron chi connectivity index (χ2n) is 6.10. The van der Waals surface area contributed by atoms with Crippen molar-refractivity contribution < 1.29 is 17.9 Å². The number of carbonyl (C=O) groups excluding carboxylic acids is 1. The maximum Gasteiger partial charge on any atom is 0.317 e. The summed E-state index contributed by atoms with van der Waals surface area (Å²) in [5.41, 5.74) is 0.0897. The number of fused-ring (bicyclic) bond motifs is 2. The van der Waals surface area contributed by atoms with Crippen molar-refractivity contribution in [1.82, 2.24) is 14.5 Å². The van der Waals surface area contributed by atoms with Crippen molar-refractivity contribution in [3.8, 4) is 0 Å². The average Bonchev–Trinajstić information content (AvgIpc) is 3.08. The molecule has 3 rings (SSSR count). The molecule has 0 bridgehead atoms. The topological polar surface area (TPSA) is 79.0 Å². The van der Waals surface area contributed by atoms with Crippen LogP contribution in [0, 0.1) is 0 Å². The highest BCUT2D eigenvalue weighted by Gasteiger charge is 2.57. The number of sulfonamides is 1. The number of benzene rings is 1. The number of methoxy groups -OCH3 is 1. The van der Waals surface area contributed by atoms with Crippen LogP contribution in [0.1, 0.15) is 18.9 Å². The van der Waals surface area contributed by atoms with Crippen molar-refractivity contribution >= 4 is 16.1 Å². The summed E-state index contributed by atoms with van der Waals surface area (Å²) in [6.07, 6.45) is 0.587. The van der Waals surface area contributed by atoms with Crippen molar-refractivity contribution in [2.45, 2.75) is 23.8 Å². The van der Waals surface area contributed by atoms with Gasteiger partial charge in [0.15, 0.2) is 0 Å². The van der Waals surface area contributed by atoms with Crippen LogP contribution in [-0.4, -0.2) is 63.5 Å². The molecule has 1 N–H and O–H groups in total. The van der Waals surface area contributed by atoms with Crippen molar-refractivity contribution in [2.75, 3.05) is 39.9 Å². The second-order valence-corrected chi connectivity index (χ2v) is 7.94. The number of nitrogens with one attached hydrogen (secondary N) is 1. The largest absolute Gasteiger partial charge is 0.383 e. The quantitative estimate of drug-likeness (QED) is 0.875. The van der Waals surface area contributed by atoms with Gasteiger partial charge in [-0.05, 0) is 25.0 Å². The SMILES string of the molecule is CCNC(=O)N1CC[C@@]2(C1)c1ccccc1S(=O)(=O)N2CCOC. The van der Waals surface area contributed by atoms with Crippen LogP contribution in [0.2, 0.25) is 0 Å². The van der Waals surface area contributed by atoms with Crippen LogP contribution in [0.4, 0.5) is 4.79 Å². The van der Waals surface area contributed by atoms with E-state index in [9.17, 15) is 13.2 Å². The summed E-state index contributed by atoms with van der Waals surface area (Å²) in [6, 6.07) is 6.95. The van der Waals surface area contributed by atoms with E-state index in [1.54, 1.807) is 24.1 Å². The zero-order chi connectivity index (χ0) is 17.4. The Hall–Kier alpha value is -1.64. The normalized spacial score (nSPS) is 25.2. The molecule has 132 valence electrons. The third-order valence-corrected chi connectivity index (χ3v) is 6.82. The van der Waals surface area contributed by atoms with E-state index in [0.29, 0.717) is 37.6 Å². The van der Waals surface area contributed by atoms with E-state index < -0.39 is 15.6 Å². The number of nitrogens with zero attached hydrogens (tertiary/aromatic N) is 2. The van der Waals surface area contributed by atoms with Crippen LogP contribution in [0.25, 0.3) is 0 Å². The first kappa shape index (κ1) is 17.2. The lowest BCUT2D eigenvalue weighted by molar-refractivity contribution is 0.131. The molecule has 24 heavy (non-hydrogen) atoms. The molecule has 2 aliphatic rings. The fraction of sp³-hybridized carbons (Fsp3) is 0.562. The monoisotopic (exact) mass is 353 g/mol. The van der Waals surface area contributed by atoms with Crippen molar-refractivity contribution in [3.63, 3.8) is 0 Å². The number of amides is 2. The van der Waals surface area contributed by atoms with Crippen LogP contribution in [0.5, 0.6) is 0 Å². The number of urea groups is 1. The fourth-order valence-electron chi connectivity index (χ4n) is 3.72. The van der Waals surface area contributed by atoms with Gasteiger partial charge in [0, 0.05) is 33.3 Å². The summed E-state index contributed by atoms with van der Waals surface area (Å²) in [5, 5.41) is 2.79. The van der Waals surface area contributed by atoms with E-state index >= 15 is 0 Å². The van der Waals surface area contributed by atoms with Crippen LogP contribution >= 0.6 is 0 Å². The van der Waals surface area contributed by atoms with E-state index in [0.717, 1.165) is 5.56 Å². The highest BCUT2D eigenvalue weighted by molar-refractivity contribution is 7.89. The number of hydrogen-bond donors (Lipinski definition) is 1. The molecule has 8 heteroatoms. The summed E-state index contributed by atoms with van der Waals surface area (Å²) >= 11 is 0. The highest BCUT2D eigenvalue weighted by atomic mass is 32.2. The van der Waals surface area contributed by atoms with Crippen molar-refractivity contribution in [1.29, 1.82) is 0 Å². The van der Waals surface area contributed by atoms with E-state index in [1.165, 1.54) is 4.31 Å². The number of hydrogen-bond acceptors (Lipinski definition) is 4. The third kappa shape index (κ3) is 2.49. The minimum atomic E-state index is -3.58. The van der Waals surface area contributed by atoms with Crippen molar-refractivity contribution in [3.05, 3.63) is 29.8 Å². The molecule has 1 spiro atoms. The van der Waals surface area contributed by atoms with Gasteiger partial charge in [-0.1, -0.05) is 18.2 Å². The molecule has 0 aromatic heterocycles. The Bertz CT molecular complexity index is 737. The summed E-state index contributed by atoms with van der Waals surface area (Å²) in [4.78, 5) is 14.2. The molecule has 2 heterocycles. The third-order valence-electron chi connectivity index (χ3n) is 4.80. The van der Waals surface area contributed by atoms with E-state index in [-0.39, 0.29) is 12.6 Å². The first-order valence-electron chi connectivity index (χ1n) is 8.11. The summed E-state index contributed by atoms with van der Waals surface area (Å²) in [7, 11) is -2.02. The summed E-state index contributed by atoms with van der Waals surface area (Å²) < 4.78 is 32.6. The lowest BCUT2D eigenvalue weighted by Crippen LogP contribution is -2.48. The molecular weight excluding hydrogens is 330 g/mol. The van der Waals surface area contributed by atoms with E-state index in [2.05, 4.69) is 5.32 Å². The molecule has 1 saturated heterocycles. The summed E-state index contributed by atoms with van der Waals surface area (Å²) in [6.45, 7) is 3.89. The van der Waals surface area contributed by atoms with Gasteiger partial charge in [0.1, 0.15) is 0 Å². The van der Waals surface area contributed by atoms with E-state index in [1.807, 2.05) is 19.1 Å². The average molecular weight is 353 g/mol. The first-order valence-corrected chi connectivity index (χ1v) is 9.55. The molecular formula is C16H23N3O4S. The van der Waals surface area contributed by atoms with Gasteiger partial charge in [-0.15, -0.1) is 0 Å². The Kier molecular flexibility index (Phi) is 4.54. The van der Waals surface area contributed by atoms with Crippen molar-refractivity contribution in [2.24, 2.45) is 0 Å². The van der Waals surface area contributed by atoms with Gasteiger partial charge in [0.2, 0.25) is 10.0 Å². The number of ether oxygens (including phenoxy) is 1. The molecule has 1 fully saturated rings. The predicted molar refractivity (Wildman–Crippen MR) is 89.2 cm³/mol. The van der Waals surface area contributed by atoms with Crippen LogP contribution < -0.4 is 5.32 Å². The minimum Gasteiger partial charge on any atom is -0.383 e. The Morgan fingerprint density at radius 1 is 1.38 bits per heavy atom. The van der Waals surface area contributed by atoms with Gasteiger partial charge in [-0.25, -0.2) is 13.2 Å². The molecule has 1 aromatic carbocycles. The lowest BCUT2D eigenvalue weighted by atomic mass is 9.89. The fourth-order valence-corrected chi connectivity index (χ4v) is 5.77. The predicted octanol–water partition coefficient (Wildman–Crippen LogP) is 0.968. The van der Waals surface area contributed by atoms with Crippen LogP contribution in [0.15, 0.2) is 29.2 Å². The molecule has 1 aromatic rings. The zero-order valence-electron chi connectivity index (χ0n) is 14.0. The standard InChI is InChI=1S/C16H23N3O4S/c1-3-17-15(20)18-9-8-16(12-18)13-6-4-5-7-14(13)24(21,22)19(16)10-11-23-2/h4-7H,3,8-12H2,1-2H3,(H,17,20)/t16-/m1/s1. The van der Waals surface area contributed by atoms with Gasteiger partial charge in [-0.2, -0.15) is 4.31 Å². The maximum absolute atomic E-state index is 13.0. The van der Waals surface area contributed by atoms with Crippen LogP contribution in [-0.2, 0) is 20.3 Å². The maximum atomic E-state index is 13.0. The zero-order valence-corrected chi connectivity index (χ0v) is 14.8. The van der Waals surface area contributed by atoms with Gasteiger partial charge in [-0.3, -0.25) is 0 Å². The highest BCUT2D eigenvalue weighted by Crippen LogP contribution is 2.49. The Balaban J connectivity index is 2.02. The first-order chi connectivity index (χ1) is 11.5. The molecule has 0 aliphatic carbocycles. The summed E-state index contributed by atoms with van der Waals surface area (Å²) in [5.74, 6) is 0. The molecule has 0 saturated carbocycles. The number of likely N-dealkylation sites (tertiary alicyclic amines) is 1. The Morgan fingerprint density at radius 2 is 2.12 bits per heavy atom. The Labute approximate surface area is 142 Å². The molecule has 0 radical (unpaired) electrons. The number of rotatable bonds is 4. The molecule has 7 nitrogen and oxygen atoms in total. The second kappa shape index (κ2) is 6.34. The molecule has 2 amide bonds. The van der Waals surface area contributed by atoms with Gasteiger partial charge < -0.3 is 15.0 Å². The van der Waals surface area contributed by atoms with Gasteiger partial charge >= 0.3 is 6.03 Å². The number of carbonyl (C=O) groups is 1. The van der Waals surface area contributed by atoms with Gasteiger partial charge in [0.05, 0.1) is 17.0 Å². The lowest BCUT2D eigenvalue weighted by Gasteiger charge is -2.33. The van der Waals surface area contributed by atoms with E-state index in [4.69, 9.17) is 4.74 Å². The molecule has 1 atom stereocenters. The minimum absolute atomic E-state index is 0.150.